The molecule has 0 fully saturated rings. The number of phenolic OH excluding ortho intramolecular Hbond substituents is 1. The number of carbonyl (C=O) groups is 1. The Hall–Kier alpha value is -2.82. The van der Waals surface area contributed by atoms with Gasteiger partial charge >= 0.3 is 0 Å². The number of nitrogens with zero attached hydrogens (tertiary/aromatic N) is 1. The van der Waals surface area contributed by atoms with Crippen molar-refractivity contribution in [1.82, 2.24) is 10.3 Å². The number of furan rings is 1. The van der Waals surface area contributed by atoms with Crippen molar-refractivity contribution in [2.75, 3.05) is 0 Å². The summed E-state index contributed by atoms with van der Waals surface area (Å²) in [6, 6.07) is 10.2. The molecule has 2 aromatic heterocycles. The summed E-state index contributed by atoms with van der Waals surface area (Å²) < 4.78 is 5.37. The van der Waals surface area contributed by atoms with Crippen LogP contribution in [0.4, 0.5) is 0 Å². The molecule has 0 spiro atoms. The molecule has 0 radical (unpaired) electrons. The maximum absolute atomic E-state index is 11.4. The minimum atomic E-state index is -0.552. The van der Waals surface area contributed by atoms with Crippen molar-refractivity contribution in [3.63, 3.8) is 0 Å². The standard InChI is InChI=1S/C16H14N2O3/c1-10(19)18-15(13-5-3-9-21-13)12-7-6-11-4-2-8-17-14(11)16(12)20/h2-9,15,20H,1H3,(H,18,19)/t15-/m1/s1. The van der Waals surface area contributed by atoms with Crippen LogP contribution in [0.25, 0.3) is 10.9 Å². The first-order chi connectivity index (χ1) is 10.2. The number of hydrogen-bond acceptors (Lipinski definition) is 4. The van der Waals surface area contributed by atoms with E-state index in [-0.39, 0.29) is 11.7 Å². The second-order valence-electron chi connectivity index (χ2n) is 4.73. The highest BCUT2D eigenvalue weighted by atomic mass is 16.3. The van der Waals surface area contributed by atoms with E-state index in [0.717, 1.165) is 5.39 Å². The number of hydrogen-bond donors (Lipinski definition) is 2. The fraction of sp³-hybridized carbons (Fsp3) is 0.125. The van der Waals surface area contributed by atoms with Crippen molar-refractivity contribution in [3.8, 4) is 5.75 Å². The lowest BCUT2D eigenvalue weighted by Crippen LogP contribution is -2.26. The van der Waals surface area contributed by atoms with Gasteiger partial charge in [0.1, 0.15) is 23.1 Å². The Bertz CT molecular complexity index is 781. The number of phenols is 1. The van der Waals surface area contributed by atoms with E-state index >= 15 is 0 Å². The van der Waals surface area contributed by atoms with E-state index in [1.54, 1.807) is 30.5 Å². The molecule has 5 heteroatoms. The van der Waals surface area contributed by atoms with E-state index in [0.29, 0.717) is 16.8 Å². The van der Waals surface area contributed by atoms with Gasteiger partial charge in [0, 0.05) is 24.1 Å². The first-order valence-corrected chi connectivity index (χ1v) is 6.54. The summed E-state index contributed by atoms with van der Waals surface area (Å²) in [7, 11) is 0. The number of benzene rings is 1. The van der Waals surface area contributed by atoms with E-state index in [1.807, 2.05) is 12.1 Å². The van der Waals surface area contributed by atoms with Crippen molar-refractivity contribution in [2.45, 2.75) is 13.0 Å². The number of aromatic hydroxyl groups is 1. The van der Waals surface area contributed by atoms with Crippen molar-refractivity contribution in [3.05, 3.63) is 60.2 Å². The van der Waals surface area contributed by atoms with Gasteiger partial charge in [-0.1, -0.05) is 18.2 Å². The van der Waals surface area contributed by atoms with Crippen LogP contribution in [0.5, 0.6) is 5.75 Å². The molecule has 0 saturated carbocycles. The normalized spacial score (nSPS) is 12.2. The lowest BCUT2D eigenvalue weighted by Gasteiger charge is -2.18. The zero-order valence-electron chi connectivity index (χ0n) is 11.4. The van der Waals surface area contributed by atoms with E-state index in [9.17, 15) is 9.90 Å². The largest absolute Gasteiger partial charge is 0.505 e. The maximum atomic E-state index is 11.4. The number of carbonyl (C=O) groups excluding carboxylic acids is 1. The molecule has 0 saturated heterocycles. The first-order valence-electron chi connectivity index (χ1n) is 6.54. The van der Waals surface area contributed by atoms with Crippen LogP contribution in [0.1, 0.15) is 24.3 Å². The summed E-state index contributed by atoms with van der Waals surface area (Å²) in [6.45, 7) is 1.42. The molecule has 3 rings (SSSR count). The molecule has 2 heterocycles. The minimum Gasteiger partial charge on any atom is -0.505 e. The molecule has 0 bridgehead atoms. The Morgan fingerprint density at radius 2 is 2.14 bits per heavy atom. The highest BCUT2D eigenvalue weighted by Crippen LogP contribution is 2.34. The number of pyridine rings is 1. The fourth-order valence-electron chi connectivity index (χ4n) is 2.34. The van der Waals surface area contributed by atoms with Gasteiger partial charge in [-0.2, -0.15) is 0 Å². The van der Waals surface area contributed by atoms with Gasteiger partial charge in [-0.3, -0.25) is 9.78 Å². The lowest BCUT2D eigenvalue weighted by atomic mass is 10.0. The number of rotatable bonds is 3. The molecule has 1 amide bonds. The number of amides is 1. The predicted molar refractivity (Wildman–Crippen MR) is 77.8 cm³/mol. The fourth-order valence-corrected chi connectivity index (χ4v) is 2.34. The van der Waals surface area contributed by atoms with Crippen LogP contribution in [0.3, 0.4) is 0 Å². The van der Waals surface area contributed by atoms with Gasteiger partial charge in [0.05, 0.1) is 6.26 Å². The molecule has 1 atom stereocenters. The van der Waals surface area contributed by atoms with Crippen LogP contribution < -0.4 is 5.32 Å². The Morgan fingerprint density at radius 3 is 2.86 bits per heavy atom. The van der Waals surface area contributed by atoms with Crippen LogP contribution >= 0.6 is 0 Å². The second kappa shape index (κ2) is 5.28. The summed E-state index contributed by atoms with van der Waals surface area (Å²) in [4.78, 5) is 15.6. The highest BCUT2D eigenvalue weighted by Gasteiger charge is 2.22. The third-order valence-corrected chi connectivity index (χ3v) is 3.27. The van der Waals surface area contributed by atoms with Crippen LogP contribution in [0.2, 0.25) is 0 Å². The van der Waals surface area contributed by atoms with Crippen LogP contribution in [-0.4, -0.2) is 16.0 Å². The van der Waals surface area contributed by atoms with Crippen LogP contribution in [-0.2, 0) is 4.79 Å². The summed E-state index contributed by atoms with van der Waals surface area (Å²) in [6.07, 6.45) is 3.15. The molecule has 1 aromatic carbocycles. The molecule has 0 aliphatic heterocycles. The van der Waals surface area contributed by atoms with Gasteiger partial charge in [0.15, 0.2) is 0 Å². The molecule has 0 aliphatic carbocycles. The predicted octanol–water partition coefficient (Wildman–Crippen LogP) is 2.76. The Balaban J connectivity index is 2.15. The van der Waals surface area contributed by atoms with Gasteiger partial charge in [0.2, 0.25) is 5.91 Å². The van der Waals surface area contributed by atoms with Crippen molar-refractivity contribution < 1.29 is 14.3 Å². The van der Waals surface area contributed by atoms with Crippen LogP contribution in [0, 0.1) is 0 Å². The van der Waals surface area contributed by atoms with Crippen molar-refractivity contribution >= 4 is 16.8 Å². The highest BCUT2D eigenvalue weighted by molar-refractivity contribution is 5.86. The summed E-state index contributed by atoms with van der Waals surface area (Å²) in [5.41, 5.74) is 1.04. The zero-order valence-corrected chi connectivity index (χ0v) is 11.4. The quantitative estimate of drug-likeness (QED) is 0.774. The summed E-state index contributed by atoms with van der Waals surface area (Å²) in [5.74, 6) is 0.385. The third kappa shape index (κ3) is 2.45. The molecule has 0 aliphatic rings. The Labute approximate surface area is 121 Å². The average molecular weight is 282 g/mol. The van der Waals surface area contributed by atoms with Gasteiger partial charge < -0.3 is 14.8 Å². The van der Waals surface area contributed by atoms with E-state index in [4.69, 9.17) is 4.42 Å². The third-order valence-electron chi connectivity index (χ3n) is 3.27. The molecule has 0 unspecified atom stereocenters. The maximum Gasteiger partial charge on any atom is 0.217 e. The van der Waals surface area contributed by atoms with E-state index in [1.165, 1.54) is 13.2 Å². The molecule has 3 aromatic rings. The monoisotopic (exact) mass is 282 g/mol. The van der Waals surface area contributed by atoms with Crippen LogP contribution in [0.15, 0.2) is 53.3 Å². The second-order valence-corrected chi connectivity index (χ2v) is 4.73. The molecule has 5 nitrogen and oxygen atoms in total. The van der Waals surface area contributed by atoms with Crippen molar-refractivity contribution in [2.24, 2.45) is 0 Å². The topological polar surface area (TPSA) is 75.4 Å². The number of nitrogens with one attached hydrogen (secondary N) is 1. The summed E-state index contributed by atoms with van der Waals surface area (Å²) in [5, 5.41) is 14.1. The van der Waals surface area contributed by atoms with Gasteiger partial charge in [-0.15, -0.1) is 0 Å². The zero-order chi connectivity index (χ0) is 14.8. The number of aromatic nitrogens is 1. The molecule has 106 valence electrons. The lowest BCUT2D eigenvalue weighted by molar-refractivity contribution is -0.119. The first kappa shape index (κ1) is 13.2. The van der Waals surface area contributed by atoms with Gasteiger partial charge in [-0.05, 0) is 18.2 Å². The molecular weight excluding hydrogens is 268 g/mol. The van der Waals surface area contributed by atoms with Gasteiger partial charge in [0.25, 0.3) is 0 Å². The Morgan fingerprint density at radius 1 is 1.29 bits per heavy atom. The molecule has 21 heavy (non-hydrogen) atoms. The SMILES string of the molecule is CC(=O)N[C@@H](c1ccco1)c1ccc2cccnc2c1O. The average Bonchev–Trinajstić information content (AvgIpc) is 3.00. The van der Waals surface area contributed by atoms with E-state index < -0.39 is 6.04 Å². The summed E-state index contributed by atoms with van der Waals surface area (Å²) >= 11 is 0. The number of fused-ring (bicyclic) bond motifs is 1. The smallest absolute Gasteiger partial charge is 0.217 e. The minimum absolute atomic E-state index is 0.0447. The molecular formula is C16H14N2O3. The van der Waals surface area contributed by atoms with E-state index in [2.05, 4.69) is 10.3 Å². The molecule has 2 N–H and O–H groups in total. The van der Waals surface area contributed by atoms with Crippen molar-refractivity contribution in [1.29, 1.82) is 0 Å². The van der Waals surface area contributed by atoms with Gasteiger partial charge in [-0.25, -0.2) is 0 Å². The Kier molecular flexibility index (Phi) is 3.31.